The van der Waals surface area contributed by atoms with Crippen LogP contribution in [-0.2, 0) is 15.7 Å². The highest BCUT2D eigenvalue weighted by molar-refractivity contribution is 7.70. The second kappa shape index (κ2) is 13.2. The zero-order valence-electron chi connectivity index (χ0n) is 27.1. The van der Waals surface area contributed by atoms with Gasteiger partial charge in [0, 0.05) is 18.6 Å². The summed E-state index contributed by atoms with van der Waals surface area (Å²) in [7, 11) is -0.875. The summed E-state index contributed by atoms with van der Waals surface area (Å²) >= 11 is 1.09. The molecule has 0 spiro atoms. The minimum Gasteiger partial charge on any atom is -0.453 e. The van der Waals surface area contributed by atoms with Crippen LogP contribution in [-0.4, -0.2) is 81.8 Å². The van der Waals surface area contributed by atoms with Gasteiger partial charge in [0.15, 0.2) is 18.1 Å². The molecule has 3 heterocycles. The number of nitrogens with zero attached hydrogens (tertiary/aromatic N) is 2. The maximum atomic E-state index is 14.8. The predicted octanol–water partition coefficient (Wildman–Crippen LogP) is 7.23. The van der Waals surface area contributed by atoms with Crippen LogP contribution < -0.4 is 25.0 Å². The molecule has 1 saturated heterocycles. The van der Waals surface area contributed by atoms with Crippen LogP contribution in [0.15, 0.2) is 30.3 Å². The topological polar surface area (TPSA) is 80.3 Å². The van der Waals surface area contributed by atoms with Crippen molar-refractivity contribution < 1.29 is 41.1 Å². The van der Waals surface area contributed by atoms with Gasteiger partial charge in [-0.3, -0.25) is 4.90 Å². The normalized spacial score (nSPS) is 18.5. The van der Waals surface area contributed by atoms with Crippen LogP contribution in [0.1, 0.15) is 37.6 Å². The third-order valence-electron chi connectivity index (χ3n) is 7.90. The quantitative estimate of drug-likeness (QED) is 0.166. The van der Waals surface area contributed by atoms with Gasteiger partial charge in [-0.15, -0.1) is 11.3 Å². The number of piperidine rings is 1. The fourth-order valence-electron chi connectivity index (χ4n) is 5.76. The van der Waals surface area contributed by atoms with E-state index in [0.717, 1.165) is 11.3 Å². The third-order valence-corrected chi connectivity index (χ3v) is 10.6. The molecule has 1 fully saturated rings. The predicted molar refractivity (Wildman–Crippen MR) is 178 cm³/mol. The number of likely N-dealkylation sites (tertiary alicyclic amines) is 1. The van der Waals surface area contributed by atoms with E-state index in [1.54, 1.807) is 64.4 Å². The maximum absolute atomic E-state index is 14.8. The summed E-state index contributed by atoms with van der Waals surface area (Å²) in [4.78, 5) is 16.9. The smallest absolute Gasteiger partial charge is 0.415 e. The average Bonchev–Trinajstić information content (AvgIpc) is 3.57. The SMILES string of the molecule is CN1CC[C@@H](Nc2cccc3c(CC(F)(F)F)c(C#CCOC(=O)N(c4ccc(P(C)(C)=O)c5c4OCO5)C(C)(C)C)sc23)[C@@H](F)C1. The minimum absolute atomic E-state index is 0.0217. The number of amides is 1. The number of thiophene rings is 1. The lowest BCUT2D eigenvalue weighted by molar-refractivity contribution is -0.126. The molecule has 2 aromatic carbocycles. The number of rotatable bonds is 6. The maximum Gasteiger partial charge on any atom is 0.415 e. The zero-order valence-corrected chi connectivity index (χ0v) is 28.8. The standard InChI is InChI=1S/C33H38F4N3O5PS/c1-32(2,3)40(25-12-13-26(46(5,6)42)29-28(25)44-19-45-29)31(41)43-16-8-11-27-21(17-33(35,36)37)20-9-7-10-24(30(20)47-27)38-23-14-15-39(4)18-22(23)34/h7,9-10,12-13,22-23,38H,14-19H2,1-6H3/t22-,23+/m0/s1. The Morgan fingerprint density at radius 1 is 1.17 bits per heavy atom. The molecule has 14 heteroatoms. The number of alkyl halides is 4. The first-order chi connectivity index (χ1) is 21.9. The Bertz CT molecular complexity index is 1770. The monoisotopic (exact) mass is 695 g/mol. The summed E-state index contributed by atoms with van der Waals surface area (Å²) in [5.41, 5.74) is 0.140. The highest BCUT2D eigenvalue weighted by Crippen LogP contribution is 2.49. The second-order valence-electron chi connectivity index (χ2n) is 13.1. The van der Waals surface area contributed by atoms with Crippen molar-refractivity contribution in [3.05, 3.63) is 40.8 Å². The summed E-state index contributed by atoms with van der Waals surface area (Å²) in [5.74, 6) is 6.10. The molecular formula is C33H38F4N3O5PS. The number of ether oxygens (including phenoxy) is 3. The third kappa shape index (κ3) is 7.82. The van der Waals surface area contributed by atoms with Gasteiger partial charge in [0.2, 0.25) is 6.79 Å². The van der Waals surface area contributed by atoms with Gasteiger partial charge in [-0.25, -0.2) is 9.18 Å². The van der Waals surface area contributed by atoms with E-state index in [0.29, 0.717) is 45.5 Å². The van der Waals surface area contributed by atoms with Crippen LogP contribution in [0, 0.1) is 11.8 Å². The van der Waals surface area contributed by atoms with Gasteiger partial charge >= 0.3 is 12.3 Å². The fraction of sp³-hybridized carbons (Fsp3) is 0.485. The molecule has 1 aromatic heterocycles. The van der Waals surface area contributed by atoms with Crippen LogP contribution in [0.3, 0.4) is 0 Å². The second-order valence-corrected chi connectivity index (χ2v) is 17.3. The molecule has 8 nitrogen and oxygen atoms in total. The summed E-state index contributed by atoms with van der Waals surface area (Å²) in [6.45, 7) is 9.09. The molecule has 0 radical (unpaired) electrons. The molecule has 0 bridgehead atoms. The molecule has 0 aliphatic carbocycles. The number of hydrogen-bond donors (Lipinski definition) is 1. The lowest BCUT2D eigenvalue weighted by atomic mass is 10.0. The molecule has 1 amide bonds. The lowest BCUT2D eigenvalue weighted by Crippen LogP contribution is -2.46. The van der Waals surface area contributed by atoms with Crippen molar-refractivity contribution in [2.45, 2.75) is 57.5 Å². The van der Waals surface area contributed by atoms with E-state index in [2.05, 4.69) is 17.2 Å². The summed E-state index contributed by atoms with van der Waals surface area (Å²) < 4.78 is 86.1. The minimum atomic E-state index is -4.49. The number of hydrogen-bond acceptors (Lipinski definition) is 8. The number of carbonyl (C=O) groups is 1. The van der Waals surface area contributed by atoms with E-state index in [9.17, 15) is 26.9 Å². The van der Waals surface area contributed by atoms with Crippen molar-refractivity contribution in [2.75, 3.05) is 57.1 Å². The van der Waals surface area contributed by atoms with Crippen molar-refractivity contribution in [2.24, 2.45) is 0 Å². The lowest BCUT2D eigenvalue weighted by Gasteiger charge is -2.35. The molecule has 2 atom stereocenters. The first kappa shape index (κ1) is 34.9. The van der Waals surface area contributed by atoms with Crippen LogP contribution in [0.4, 0.5) is 33.7 Å². The van der Waals surface area contributed by atoms with Crippen LogP contribution in [0.2, 0.25) is 0 Å². The molecular weight excluding hydrogens is 657 g/mol. The number of anilines is 2. The van der Waals surface area contributed by atoms with Crippen molar-refractivity contribution in [1.82, 2.24) is 4.90 Å². The summed E-state index contributed by atoms with van der Waals surface area (Å²) in [6, 6.07) is 7.80. The van der Waals surface area contributed by atoms with Gasteiger partial charge in [0.1, 0.15) is 13.3 Å². The summed E-state index contributed by atoms with van der Waals surface area (Å²) in [6.07, 6.45) is -7.01. The molecule has 2 aliphatic heterocycles. The largest absolute Gasteiger partial charge is 0.453 e. The van der Waals surface area contributed by atoms with Crippen molar-refractivity contribution in [3.8, 4) is 23.3 Å². The Hall–Kier alpha value is -3.46. The van der Waals surface area contributed by atoms with E-state index < -0.39 is 50.2 Å². The number of fused-ring (bicyclic) bond motifs is 2. The van der Waals surface area contributed by atoms with E-state index in [1.807, 2.05) is 11.9 Å². The molecule has 0 unspecified atom stereocenters. The number of halogens is 4. The van der Waals surface area contributed by atoms with Crippen molar-refractivity contribution in [3.63, 3.8) is 0 Å². The molecule has 3 aromatic rings. The Morgan fingerprint density at radius 2 is 1.89 bits per heavy atom. The number of nitrogens with one attached hydrogen (secondary N) is 1. The molecule has 2 aliphatic rings. The van der Waals surface area contributed by atoms with Crippen LogP contribution in [0.25, 0.3) is 10.1 Å². The van der Waals surface area contributed by atoms with Gasteiger partial charge in [0.05, 0.1) is 38.7 Å². The Kier molecular flexibility index (Phi) is 9.80. The van der Waals surface area contributed by atoms with Gasteiger partial charge in [-0.1, -0.05) is 24.0 Å². The Balaban J connectivity index is 1.40. The first-order valence-electron chi connectivity index (χ1n) is 15.1. The van der Waals surface area contributed by atoms with Gasteiger partial charge in [-0.05, 0) is 76.7 Å². The van der Waals surface area contributed by atoms with E-state index in [-0.39, 0.29) is 29.5 Å². The van der Waals surface area contributed by atoms with Crippen molar-refractivity contribution >= 4 is 51.3 Å². The Morgan fingerprint density at radius 3 is 2.55 bits per heavy atom. The molecule has 47 heavy (non-hydrogen) atoms. The number of carbonyl (C=O) groups excluding carboxylic acids is 1. The van der Waals surface area contributed by atoms with Gasteiger partial charge < -0.3 is 29.0 Å². The average molecular weight is 696 g/mol. The fourth-order valence-corrected chi connectivity index (χ4v) is 8.02. The van der Waals surface area contributed by atoms with E-state index in [1.165, 1.54) is 4.90 Å². The van der Waals surface area contributed by atoms with Crippen LogP contribution >= 0.6 is 18.5 Å². The highest BCUT2D eigenvalue weighted by Gasteiger charge is 2.37. The first-order valence-corrected chi connectivity index (χ1v) is 18.5. The van der Waals surface area contributed by atoms with Gasteiger partial charge in [0.25, 0.3) is 0 Å². The van der Waals surface area contributed by atoms with Crippen LogP contribution in [0.5, 0.6) is 11.5 Å². The summed E-state index contributed by atoms with van der Waals surface area (Å²) in [5, 5.41) is 4.11. The highest BCUT2D eigenvalue weighted by atomic mass is 32.1. The van der Waals surface area contributed by atoms with E-state index >= 15 is 0 Å². The molecule has 254 valence electrons. The van der Waals surface area contributed by atoms with Gasteiger partial charge in [-0.2, -0.15) is 13.2 Å². The molecule has 5 rings (SSSR count). The number of benzene rings is 2. The molecule has 0 saturated carbocycles. The van der Waals surface area contributed by atoms with E-state index in [4.69, 9.17) is 14.2 Å². The zero-order chi connectivity index (χ0) is 34.3. The Labute approximate surface area is 275 Å². The van der Waals surface area contributed by atoms with Crippen molar-refractivity contribution in [1.29, 1.82) is 0 Å². The molecule has 1 N–H and O–H groups in total.